The molecule has 1 heterocycles. The molecule has 0 unspecified atom stereocenters. The lowest BCUT2D eigenvalue weighted by atomic mass is 10.2. The Balaban J connectivity index is 2.27. The Hall–Kier alpha value is -1.77. The molecule has 100 valence electrons. The van der Waals surface area contributed by atoms with Gasteiger partial charge in [-0.05, 0) is 18.2 Å². The summed E-state index contributed by atoms with van der Waals surface area (Å²) in [4.78, 5) is 31.8. The fourth-order valence-electron chi connectivity index (χ4n) is 1.62. The number of nitrogens with two attached hydrogens (primary N) is 1. The average molecular weight is 327 g/mol. The van der Waals surface area contributed by atoms with Crippen molar-refractivity contribution in [3.05, 3.63) is 39.4 Å². The molecule has 7 nitrogen and oxygen atoms in total. The molecule has 3 N–H and O–H groups in total. The number of hydrogen-bond acceptors (Lipinski definition) is 6. The Bertz CT molecular complexity index is 671. The Labute approximate surface area is 116 Å². The van der Waals surface area contributed by atoms with Crippen LogP contribution in [0.2, 0.25) is 0 Å². The number of aryl methyl sites for hydroxylation is 1. The highest BCUT2D eigenvalue weighted by Gasteiger charge is 2.07. The summed E-state index contributed by atoms with van der Waals surface area (Å²) in [6.45, 7) is 0.175. The molecule has 0 bridgehead atoms. The van der Waals surface area contributed by atoms with E-state index in [4.69, 9.17) is 5.84 Å². The minimum absolute atomic E-state index is 0.0191. The van der Waals surface area contributed by atoms with Crippen molar-refractivity contribution in [2.45, 2.75) is 13.0 Å². The zero-order valence-electron chi connectivity index (χ0n) is 9.80. The molecule has 8 heteroatoms. The fourth-order valence-corrected chi connectivity index (χ4v) is 1.98. The lowest BCUT2D eigenvalue weighted by molar-refractivity contribution is -0.151. The van der Waals surface area contributed by atoms with Crippen LogP contribution in [0.25, 0.3) is 10.9 Å². The summed E-state index contributed by atoms with van der Waals surface area (Å²) in [6, 6.07) is 5.25. The van der Waals surface area contributed by atoms with Crippen LogP contribution in [0.4, 0.5) is 0 Å². The predicted octanol–water partition coefficient (Wildman–Crippen LogP) is 0.471. The minimum atomic E-state index is -0.552. The third-order valence-corrected chi connectivity index (χ3v) is 3.01. The first kappa shape index (κ1) is 13.7. The van der Waals surface area contributed by atoms with Crippen LogP contribution in [0.15, 0.2) is 33.8 Å². The van der Waals surface area contributed by atoms with E-state index in [-0.39, 0.29) is 18.5 Å². The maximum absolute atomic E-state index is 12.2. The summed E-state index contributed by atoms with van der Waals surface area (Å²) in [5.74, 6) is 4.29. The van der Waals surface area contributed by atoms with Crippen LogP contribution in [0.3, 0.4) is 0 Å². The van der Waals surface area contributed by atoms with Gasteiger partial charge in [0, 0.05) is 11.0 Å². The van der Waals surface area contributed by atoms with E-state index < -0.39 is 5.97 Å². The Morgan fingerprint density at radius 1 is 1.53 bits per heavy atom. The lowest BCUT2D eigenvalue weighted by Crippen LogP contribution is -2.28. The maximum Gasteiger partial charge on any atom is 0.328 e. The first-order valence-corrected chi connectivity index (χ1v) is 6.21. The zero-order valence-corrected chi connectivity index (χ0v) is 11.4. The van der Waals surface area contributed by atoms with Crippen molar-refractivity contribution in [2.24, 2.45) is 5.84 Å². The molecule has 0 atom stereocenters. The van der Waals surface area contributed by atoms with Crippen LogP contribution in [0.1, 0.15) is 6.42 Å². The van der Waals surface area contributed by atoms with Crippen molar-refractivity contribution < 1.29 is 9.63 Å². The first-order valence-electron chi connectivity index (χ1n) is 5.42. The van der Waals surface area contributed by atoms with Crippen molar-refractivity contribution in [3.63, 3.8) is 0 Å². The Kier molecular flexibility index (Phi) is 4.25. The highest BCUT2D eigenvalue weighted by Crippen LogP contribution is 2.14. The van der Waals surface area contributed by atoms with Gasteiger partial charge in [0.05, 0.1) is 23.7 Å². The second-order valence-corrected chi connectivity index (χ2v) is 4.66. The summed E-state index contributed by atoms with van der Waals surface area (Å²) in [7, 11) is 0. The summed E-state index contributed by atoms with van der Waals surface area (Å²) >= 11 is 3.30. The molecular formula is C11H11BrN4O3. The molecule has 1 aromatic heterocycles. The number of rotatable bonds is 4. The number of carbonyl (C=O) groups is 1. The highest BCUT2D eigenvalue weighted by molar-refractivity contribution is 9.10. The van der Waals surface area contributed by atoms with Gasteiger partial charge < -0.3 is 4.84 Å². The van der Waals surface area contributed by atoms with E-state index in [0.29, 0.717) is 10.9 Å². The molecule has 0 amide bonds. The Morgan fingerprint density at radius 2 is 2.32 bits per heavy atom. The van der Waals surface area contributed by atoms with E-state index in [1.165, 1.54) is 10.9 Å². The van der Waals surface area contributed by atoms with Crippen LogP contribution >= 0.6 is 15.9 Å². The molecule has 0 saturated heterocycles. The van der Waals surface area contributed by atoms with Gasteiger partial charge in [-0.1, -0.05) is 21.5 Å². The molecule has 1 aromatic carbocycles. The third kappa shape index (κ3) is 3.16. The van der Waals surface area contributed by atoms with Crippen LogP contribution in [0, 0.1) is 0 Å². The van der Waals surface area contributed by atoms with Crippen molar-refractivity contribution in [1.82, 2.24) is 15.1 Å². The summed E-state index contributed by atoms with van der Waals surface area (Å²) in [6.07, 6.45) is 1.42. The summed E-state index contributed by atoms with van der Waals surface area (Å²) in [5.41, 5.74) is 2.20. The van der Waals surface area contributed by atoms with Crippen LogP contribution in [-0.4, -0.2) is 15.5 Å². The lowest BCUT2D eigenvalue weighted by Gasteiger charge is -2.06. The summed E-state index contributed by atoms with van der Waals surface area (Å²) in [5, 5.41) is 0.488. The maximum atomic E-state index is 12.2. The van der Waals surface area contributed by atoms with E-state index >= 15 is 0 Å². The van der Waals surface area contributed by atoms with Crippen LogP contribution < -0.4 is 17.0 Å². The molecule has 0 radical (unpaired) electrons. The standard InChI is InChI=1S/C11H11BrN4O3/c12-7-1-2-9-8(5-7)11(18)16(6-14-9)4-3-10(17)19-15-13/h1-2,5-6,15H,3-4,13H2. The van der Waals surface area contributed by atoms with Crippen molar-refractivity contribution in [1.29, 1.82) is 0 Å². The van der Waals surface area contributed by atoms with Gasteiger partial charge in [-0.15, -0.1) is 0 Å². The topological polar surface area (TPSA) is 99.2 Å². The molecular weight excluding hydrogens is 316 g/mol. The van der Waals surface area contributed by atoms with Crippen LogP contribution in [0.5, 0.6) is 0 Å². The van der Waals surface area contributed by atoms with E-state index in [1.54, 1.807) is 17.7 Å². The molecule has 2 rings (SSSR count). The van der Waals surface area contributed by atoms with Gasteiger partial charge in [0.1, 0.15) is 0 Å². The number of benzene rings is 1. The van der Waals surface area contributed by atoms with Gasteiger partial charge in [-0.3, -0.25) is 14.2 Å². The molecule has 0 saturated carbocycles. The van der Waals surface area contributed by atoms with Gasteiger partial charge >= 0.3 is 5.97 Å². The van der Waals surface area contributed by atoms with E-state index in [0.717, 1.165) is 4.47 Å². The smallest absolute Gasteiger partial charge is 0.328 e. The second kappa shape index (κ2) is 5.91. The zero-order chi connectivity index (χ0) is 13.8. The van der Waals surface area contributed by atoms with Crippen molar-refractivity contribution in [2.75, 3.05) is 0 Å². The number of hydrazine groups is 1. The number of hydrogen-bond donors (Lipinski definition) is 2. The summed E-state index contributed by atoms with van der Waals surface area (Å²) < 4.78 is 2.15. The van der Waals surface area contributed by atoms with Gasteiger partial charge in [-0.25, -0.2) is 10.8 Å². The minimum Gasteiger partial charge on any atom is -0.356 e. The first-order chi connectivity index (χ1) is 9.11. The molecule has 0 aliphatic heterocycles. The highest BCUT2D eigenvalue weighted by atomic mass is 79.9. The predicted molar refractivity (Wildman–Crippen MR) is 71.7 cm³/mol. The number of halogens is 1. The normalized spacial score (nSPS) is 10.6. The van der Waals surface area contributed by atoms with Gasteiger partial charge in [0.25, 0.3) is 5.56 Å². The van der Waals surface area contributed by atoms with Gasteiger partial charge in [0.15, 0.2) is 0 Å². The fraction of sp³-hybridized carbons (Fsp3) is 0.182. The molecule has 0 aliphatic carbocycles. The molecule has 0 spiro atoms. The number of aromatic nitrogens is 2. The monoisotopic (exact) mass is 326 g/mol. The van der Waals surface area contributed by atoms with Crippen LogP contribution in [-0.2, 0) is 16.2 Å². The number of nitrogens with zero attached hydrogens (tertiary/aromatic N) is 2. The number of nitrogens with one attached hydrogen (secondary N) is 1. The van der Waals surface area contributed by atoms with Gasteiger partial charge in [0.2, 0.25) is 0 Å². The SMILES string of the molecule is NNOC(=O)CCn1cnc2ccc(Br)cc2c1=O. The van der Waals surface area contributed by atoms with Gasteiger partial charge in [-0.2, -0.15) is 0 Å². The molecule has 19 heavy (non-hydrogen) atoms. The number of carbonyl (C=O) groups excluding carboxylic acids is 1. The average Bonchev–Trinajstić information content (AvgIpc) is 2.39. The van der Waals surface area contributed by atoms with E-state index in [2.05, 4.69) is 25.8 Å². The third-order valence-electron chi connectivity index (χ3n) is 2.52. The van der Waals surface area contributed by atoms with Crippen molar-refractivity contribution in [3.8, 4) is 0 Å². The number of fused-ring (bicyclic) bond motifs is 1. The second-order valence-electron chi connectivity index (χ2n) is 3.75. The van der Waals surface area contributed by atoms with Crippen molar-refractivity contribution >= 4 is 32.8 Å². The quantitative estimate of drug-likeness (QED) is 0.626. The van der Waals surface area contributed by atoms with E-state index in [9.17, 15) is 9.59 Å². The largest absolute Gasteiger partial charge is 0.356 e. The Morgan fingerprint density at radius 3 is 3.05 bits per heavy atom. The molecule has 2 aromatic rings. The molecule has 0 aliphatic rings. The van der Waals surface area contributed by atoms with E-state index in [1.807, 2.05) is 6.07 Å². The molecule has 0 fully saturated rings.